The van der Waals surface area contributed by atoms with Crippen LogP contribution in [0.3, 0.4) is 0 Å². The van der Waals surface area contributed by atoms with Gasteiger partial charge in [-0.25, -0.2) is 9.59 Å². The summed E-state index contributed by atoms with van der Waals surface area (Å²) in [5, 5.41) is 20.6. The lowest BCUT2D eigenvalue weighted by Gasteiger charge is -2.30. The fourth-order valence-electron chi connectivity index (χ4n) is 5.63. The quantitative estimate of drug-likeness (QED) is 0.0943. The van der Waals surface area contributed by atoms with Crippen LogP contribution in [0.5, 0.6) is 0 Å². The number of nitrogens with zero attached hydrogens (tertiary/aromatic N) is 2. The van der Waals surface area contributed by atoms with Gasteiger partial charge in [0.15, 0.2) is 0 Å². The lowest BCUT2D eigenvalue weighted by atomic mass is 9.93. The summed E-state index contributed by atoms with van der Waals surface area (Å²) in [4.78, 5) is 49.7. The zero-order valence-corrected chi connectivity index (χ0v) is 30.3. The predicted molar refractivity (Wildman–Crippen MR) is 196 cm³/mol. The topological polar surface area (TPSA) is 149 Å². The highest BCUT2D eigenvalue weighted by molar-refractivity contribution is 7.09. The van der Waals surface area contributed by atoms with Crippen LogP contribution in [0, 0.1) is 5.92 Å². The first-order valence-electron chi connectivity index (χ1n) is 17.0. The number of amides is 4. The lowest BCUT2D eigenvalue weighted by Crippen LogP contribution is -2.55. The number of thiazole rings is 1. The van der Waals surface area contributed by atoms with Crippen molar-refractivity contribution < 1.29 is 24.2 Å². The van der Waals surface area contributed by atoms with Crippen LogP contribution >= 0.6 is 11.3 Å². The van der Waals surface area contributed by atoms with Crippen molar-refractivity contribution in [3.63, 3.8) is 0 Å². The van der Waals surface area contributed by atoms with E-state index in [1.807, 2.05) is 86.6 Å². The standard InChI is InChI=1S/C38H50N6O5S/c1-25(2)32-17-16-29(40-32)22-44(5)37(47)43-35(26(3)4)36(46)41-30(18-27-12-8-6-9-13-27)20-34(45)33(19-28-14-10-7-11-15-28)42-38(48)49-23-31-21-39-24-50-31/h6-17,21,24-26,30,33-35,40,45H,18-20,22-23H2,1-5H3,(H,41,46)(H,42,48)(H,43,47)/t30-,33-,34+,35+/m1/s1. The summed E-state index contributed by atoms with van der Waals surface area (Å²) in [6.45, 7) is 8.38. The number of benzene rings is 2. The molecule has 268 valence electrons. The number of nitrogens with one attached hydrogen (secondary N) is 4. The number of rotatable bonds is 17. The molecule has 2 aromatic carbocycles. The molecule has 2 heterocycles. The summed E-state index contributed by atoms with van der Waals surface area (Å²) in [6.07, 6.45) is 0.849. The number of ether oxygens (including phenoxy) is 1. The fraction of sp³-hybridized carbons (Fsp3) is 0.421. The summed E-state index contributed by atoms with van der Waals surface area (Å²) in [7, 11) is 1.69. The van der Waals surface area contributed by atoms with Gasteiger partial charge in [0.2, 0.25) is 5.91 Å². The van der Waals surface area contributed by atoms with Gasteiger partial charge in [-0.15, -0.1) is 11.3 Å². The molecule has 2 aromatic heterocycles. The molecule has 4 rings (SSSR count). The third-order valence-electron chi connectivity index (χ3n) is 8.47. The number of aromatic nitrogens is 2. The van der Waals surface area contributed by atoms with Crippen LogP contribution in [-0.4, -0.2) is 69.3 Å². The highest BCUT2D eigenvalue weighted by Crippen LogP contribution is 2.17. The number of carbonyl (C=O) groups excluding carboxylic acids is 3. The second-order valence-corrected chi connectivity index (χ2v) is 14.3. The molecule has 12 heteroatoms. The van der Waals surface area contributed by atoms with Crippen molar-refractivity contribution in [3.8, 4) is 0 Å². The minimum Gasteiger partial charge on any atom is -0.444 e. The number of urea groups is 1. The Hall–Kier alpha value is -4.68. The van der Waals surface area contributed by atoms with Crippen LogP contribution in [0.1, 0.15) is 67.4 Å². The second kappa shape index (κ2) is 18.9. The molecule has 4 atom stereocenters. The van der Waals surface area contributed by atoms with E-state index in [1.54, 1.807) is 18.8 Å². The lowest BCUT2D eigenvalue weighted by molar-refractivity contribution is -0.124. The van der Waals surface area contributed by atoms with Gasteiger partial charge in [-0.2, -0.15) is 0 Å². The number of carbonyl (C=O) groups is 3. The number of hydrogen-bond donors (Lipinski definition) is 5. The highest BCUT2D eigenvalue weighted by Gasteiger charge is 2.31. The zero-order chi connectivity index (χ0) is 36.0. The van der Waals surface area contributed by atoms with Crippen molar-refractivity contribution in [1.29, 1.82) is 0 Å². The van der Waals surface area contributed by atoms with Crippen molar-refractivity contribution in [2.75, 3.05) is 7.05 Å². The molecule has 11 nitrogen and oxygen atoms in total. The van der Waals surface area contributed by atoms with E-state index in [-0.39, 0.29) is 30.9 Å². The molecule has 0 radical (unpaired) electrons. The summed E-state index contributed by atoms with van der Waals surface area (Å²) < 4.78 is 5.43. The Bertz CT molecular complexity index is 1610. The van der Waals surface area contributed by atoms with Crippen molar-refractivity contribution in [3.05, 3.63) is 112 Å². The fourth-order valence-corrected chi connectivity index (χ4v) is 6.13. The molecule has 0 aliphatic rings. The minimum absolute atomic E-state index is 0.0683. The maximum absolute atomic E-state index is 13.9. The Morgan fingerprint density at radius 2 is 1.56 bits per heavy atom. The number of aromatic amines is 1. The molecule has 0 saturated carbocycles. The highest BCUT2D eigenvalue weighted by atomic mass is 32.1. The summed E-state index contributed by atoms with van der Waals surface area (Å²) >= 11 is 1.38. The van der Waals surface area contributed by atoms with Gasteiger partial charge in [-0.05, 0) is 54.4 Å². The number of aliphatic hydroxyl groups excluding tert-OH is 1. The zero-order valence-electron chi connectivity index (χ0n) is 29.5. The average Bonchev–Trinajstić information content (AvgIpc) is 3.79. The third kappa shape index (κ3) is 12.0. The van der Waals surface area contributed by atoms with Crippen molar-refractivity contribution >= 4 is 29.4 Å². The van der Waals surface area contributed by atoms with Crippen molar-refractivity contribution in [2.45, 2.75) is 90.3 Å². The first-order valence-corrected chi connectivity index (χ1v) is 17.9. The minimum atomic E-state index is -1.05. The summed E-state index contributed by atoms with van der Waals surface area (Å²) in [6, 6.07) is 20.8. The number of alkyl carbamates (subject to hydrolysis) is 1. The first kappa shape index (κ1) is 38.1. The van der Waals surface area contributed by atoms with Crippen LogP contribution in [-0.2, 0) is 35.5 Å². The van der Waals surface area contributed by atoms with E-state index in [0.717, 1.165) is 27.4 Å². The van der Waals surface area contributed by atoms with Crippen LogP contribution in [0.4, 0.5) is 9.59 Å². The molecule has 4 amide bonds. The Balaban J connectivity index is 1.46. The molecule has 0 spiro atoms. The van der Waals surface area contributed by atoms with Crippen molar-refractivity contribution in [1.82, 2.24) is 30.8 Å². The number of aliphatic hydroxyl groups is 1. The first-order chi connectivity index (χ1) is 24.0. The Morgan fingerprint density at radius 3 is 2.14 bits per heavy atom. The van der Waals surface area contributed by atoms with Crippen LogP contribution in [0.2, 0.25) is 0 Å². The normalized spacial score (nSPS) is 13.7. The molecule has 0 bridgehead atoms. The molecule has 4 aromatic rings. The monoisotopic (exact) mass is 702 g/mol. The molecule has 0 aliphatic carbocycles. The van der Waals surface area contributed by atoms with Crippen LogP contribution < -0.4 is 16.0 Å². The van der Waals surface area contributed by atoms with Gasteiger partial charge in [0.1, 0.15) is 12.6 Å². The molecule has 0 fully saturated rings. The van der Waals surface area contributed by atoms with Gasteiger partial charge in [-0.3, -0.25) is 9.78 Å². The van der Waals surface area contributed by atoms with Gasteiger partial charge in [0, 0.05) is 30.7 Å². The maximum Gasteiger partial charge on any atom is 0.407 e. The summed E-state index contributed by atoms with van der Waals surface area (Å²) in [5.74, 6) is -0.228. The van der Waals surface area contributed by atoms with Gasteiger partial charge in [0.05, 0.1) is 29.1 Å². The van der Waals surface area contributed by atoms with Crippen LogP contribution in [0.15, 0.2) is 84.5 Å². The van der Waals surface area contributed by atoms with E-state index in [9.17, 15) is 19.5 Å². The van der Waals surface area contributed by atoms with Gasteiger partial charge >= 0.3 is 12.1 Å². The third-order valence-corrected chi connectivity index (χ3v) is 9.22. The van der Waals surface area contributed by atoms with Gasteiger partial charge < -0.3 is 35.7 Å². The molecule has 0 unspecified atom stereocenters. The van der Waals surface area contributed by atoms with Crippen molar-refractivity contribution in [2.24, 2.45) is 5.92 Å². The SMILES string of the molecule is CC(C)c1ccc(CN(C)C(=O)N[C@H](C(=O)N[C@H](Cc2ccccc2)C[C@H](O)[C@@H](Cc2ccccc2)NC(=O)OCc2cncs2)C(C)C)[nH]1. The van der Waals surface area contributed by atoms with Gasteiger partial charge in [-0.1, -0.05) is 88.4 Å². The van der Waals surface area contributed by atoms with E-state index < -0.39 is 30.3 Å². The number of H-pyrrole nitrogens is 1. The van der Waals surface area contributed by atoms with E-state index in [4.69, 9.17) is 4.74 Å². The van der Waals surface area contributed by atoms with Gasteiger partial charge in [0.25, 0.3) is 0 Å². The van der Waals surface area contributed by atoms with E-state index >= 15 is 0 Å². The summed E-state index contributed by atoms with van der Waals surface area (Å²) in [5.41, 5.74) is 5.56. The van der Waals surface area contributed by atoms with E-state index in [2.05, 4.69) is 39.8 Å². The number of hydrogen-bond acceptors (Lipinski definition) is 7. The molecule has 0 saturated heterocycles. The molecule has 5 N–H and O–H groups in total. The average molecular weight is 703 g/mol. The van der Waals surface area contributed by atoms with Crippen LogP contribution in [0.25, 0.3) is 0 Å². The second-order valence-electron chi connectivity index (χ2n) is 13.3. The Labute approximate surface area is 298 Å². The Kier molecular flexibility index (Phi) is 14.4. The molecule has 50 heavy (non-hydrogen) atoms. The van der Waals surface area contributed by atoms with E-state index in [0.29, 0.717) is 25.3 Å². The smallest absolute Gasteiger partial charge is 0.407 e. The maximum atomic E-state index is 13.9. The molecular weight excluding hydrogens is 653 g/mol. The molecular formula is C38H50N6O5S. The predicted octanol–water partition coefficient (Wildman–Crippen LogP) is 5.78. The molecule has 0 aliphatic heterocycles. The largest absolute Gasteiger partial charge is 0.444 e. The van der Waals surface area contributed by atoms with E-state index in [1.165, 1.54) is 16.2 Å². The Morgan fingerprint density at radius 1 is 0.900 bits per heavy atom.